The summed E-state index contributed by atoms with van der Waals surface area (Å²) in [6.45, 7) is 4.65. The summed E-state index contributed by atoms with van der Waals surface area (Å²) in [6.07, 6.45) is 8.44. The van der Waals surface area contributed by atoms with E-state index in [0.717, 1.165) is 11.8 Å². The molecule has 2 saturated carbocycles. The van der Waals surface area contributed by atoms with Gasteiger partial charge in [0, 0.05) is 6.04 Å². The summed E-state index contributed by atoms with van der Waals surface area (Å²) >= 11 is 0. The number of rotatable bonds is 3. The molecule has 1 spiro atoms. The van der Waals surface area contributed by atoms with Gasteiger partial charge in [0.1, 0.15) is 0 Å². The zero-order valence-electron chi connectivity index (χ0n) is 9.05. The molecule has 0 aromatic rings. The molecule has 2 aliphatic rings. The molecule has 2 aliphatic carbocycles. The van der Waals surface area contributed by atoms with Gasteiger partial charge in [-0.05, 0) is 42.9 Å². The lowest BCUT2D eigenvalue weighted by atomic mass is 9.46. The van der Waals surface area contributed by atoms with Crippen molar-refractivity contribution in [3.63, 3.8) is 0 Å². The molecule has 2 unspecified atom stereocenters. The standard InChI is InChI=1S/C12H23N/c1-9(2)4-5-10-8-11(13)12(10)6-3-7-12/h9-11H,3-8,13H2,1-2H3. The second kappa shape index (κ2) is 3.27. The van der Waals surface area contributed by atoms with Crippen molar-refractivity contribution in [3.8, 4) is 0 Å². The quantitative estimate of drug-likeness (QED) is 0.711. The molecule has 2 atom stereocenters. The first kappa shape index (κ1) is 9.51. The van der Waals surface area contributed by atoms with Gasteiger partial charge in [-0.3, -0.25) is 0 Å². The van der Waals surface area contributed by atoms with Crippen molar-refractivity contribution in [1.82, 2.24) is 0 Å². The molecule has 0 bridgehead atoms. The minimum Gasteiger partial charge on any atom is -0.327 e. The molecule has 13 heavy (non-hydrogen) atoms. The average Bonchev–Trinajstić information content (AvgIpc) is 1.93. The van der Waals surface area contributed by atoms with E-state index in [1.54, 1.807) is 0 Å². The van der Waals surface area contributed by atoms with E-state index >= 15 is 0 Å². The third-order valence-electron chi connectivity index (χ3n) is 4.47. The zero-order valence-corrected chi connectivity index (χ0v) is 9.05. The summed E-state index contributed by atoms with van der Waals surface area (Å²) in [6, 6.07) is 0.554. The normalized spacial score (nSPS) is 36.0. The Labute approximate surface area is 82.1 Å². The van der Waals surface area contributed by atoms with Gasteiger partial charge in [0.05, 0.1) is 0 Å². The van der Waals surface area contributed by atoms with Gasteiger partial charge in [0.2, 0.25) is 0 Å². The maximum atomic E-state index is 6.12. The van der Waals surface area contributed by atoms with Crippen LogP contribution in [-0.2, 0) is 0 Å². The molecular weight excluding hydrogens is 158 g/mol. The van der Waals surface area contributed by atoms with Crippen molar-refractivity contribution in [3.05, 3.63) is 0 Å². The average molecular weight is 181 g/mol. The summed E-state index contributed by atoms with van der Waals surface area (Å²) in [5.74, 6) is 1.85. The van der Waals surface area contributed by atoms with Gasteiger partial charge in [0.15, 0.2) is 0 Å². The molecule has 0 radical (unpaired) electrons. The molecule has 2 fully saturated rings. The van der Waals surface area contributed by atoms with Gasteiger partial charge in [-0.1, -0.05) is 26.7 Å². The van der Waals surface area contributed by atoms with Crippen LogP contribution in [0.1, 0.15) is 52.4 Å². The van der Waals surface area contributed by atoms with Crippen LogP contribution in [0.15, 0.2) is 0 Å². The van der Waals surface area contributed by atoms with Crippen LogP contribution in [-0.4, -0.2) is 6.04 Å². The smallest absolute Gasteiger partial charge is 0.0101 e. The Balaban J connectivity index is 1.81. The largest absolute Gasteiger partial charge is 0.327 e. The predicted molar refractivity (Wildman–Crippen MR) is 56.4 cm³/mol. The van der Waals surface area contributed by atoms with Crippen LogP contribution >= 0.6 is 0 Å². The van der Waals surface area contributed by atoms with Gasteiger partial charge < -0.3 is 5.73 Å². The van der Waals surface area contributed by atoms with E-state index in [9.17, 15) is 0 Å². The molecule has 0 amide bonds. The van der Waals surface area contributed by atoms with Crippen LogP contribution < -0.4 is 5.73 Å². The molecule has 2 rings (SSSR count). The Bertz CT molecular complexity index is 182. The zero-order chi connectivity index (χ0) is 9.47. The van der Waals surface area contributed by atoms with Crippen molar-refractivity contribution in [1.29, 1.82) is 0 Å². The molecule has 2 N–H and O–H groups in total. The minimum absolute atomic E-state index is 0.554. The van der Waals surface area contributed by atoms with Gasteiger partial charge in [-0.25, -0.2) is 0 Å². The summed E-state index contributed by atoms with van der Waals surface area (Å²) < 4.78 is 0. The van der Waals surface area contributed by atoms with Crippen molar-refractivity contribution < 1.29 is 0 Å². The Kier molecular flexibility index (Phi) is 2.39. The number of nitrogens with two attached hydrogens (primary N) is 1. The first-order valence-electron chi connectivity index (χ1n) is 5.91. The molecular formula is C12H23N. The van der Waals surface area contributed by atoms with E-state index in [2.05, 4.69) is 13.8 Å². The Morgan fingerprint density at radius 2 is 2.08 bits per heavy atom. The van der Waals surface area contributed by atoms with Crippen molar-refractivity contribution in [2.75, 3.05) is 0 Å². The predicted octanol–water partition coefficient (Wildman–Crippen LogP) is 2.94. The monoisotopic (exact) mass is 181 g/mol. The fraction of sp³-hybridized carbons (Fsp3) is 1.00. The molecule has 1 heteroatoms. The first-order chi connectivity index (χ1) is 6.15. The highest BCUT2D eigenvalue weighted by Gasteiger charge is 2.55. The van der Waals surface area contributed by atoms with Crippen LogP contribution in [0, 0.1) is 17.3 Å². The van der Waals surface area contributed by atoms with Crippen LogP contribution in [0.2, 0.25) is 0 Å². The lowest BCUT2D eigenvalue weighted by molar-refractivity contribution is -0.0786. The van der Waals surface area contributed by atoms with E-state index in [4.69, 9.17) is 5.73 Å². The molecule has 0 aromatic heterocycles. The topological polar surface area (TPSA) is 26.0 Å². The van der Waals surface area contributed by atoms with Gasteiger partial charge >= 0.3 is 0 Å². The minimum atomic E-state index is 0.554. The van der Waals surface area contributed by atoms with Gasteiger partial charge in [-0.15, -0.1) is 0 Å². The van der Waals surface area contributed by atoms with Crippen molar-refractivity contribution in [2.24, 2.45) is 23.0 Å². The fourth-order valence-corrected chi connectivity index (χ4v) is 3.22. The third kappa shape index (κ3) is 1.41. The highest BCUT2D eigenvalue weighted by atomic mass is 14.8. The van der Waals surface area contributed by atoms with E-state index in [0.29, 0.717) is 11.5 Å². The molecule has 76 valence electrons. The van der Waals surface area contributed by atoms with E-state index in [1.165, 1.54) is 38.5 Å². The van der Waals surface area contributed by atoms with Crippen LogP contribution in [0.4, 0.5) is 0 Å². The van der Waals surface area contributed by atoms with Crippen LogP contribution in [0.5, 0.6) is 0 Å². The first-order valence-corrected chi connectivity index (χ1v) is 5.91. The summed E-state index contributed by atoms with van der Waals surface area (Å²) in [5, 5.41) is 0. The maximum absolute atomic E-state index is 6.12. The second-order valence-electron chi connectivity index (χ2n) is 5.60. The van der Waals surface area contributed by atoms with E-state index < -0.39 is 0 Å². The maximum Gasteiger partial charge on any atom is 0.0101 e. The lowest BCUT2D eigenvalue weighted by Gasteiger charge is -2.61. The number of hydrogen-bond acceptors (Lipinski definition) is 1. The Morgan fingerprint density at radius 3 is 2.46 bits per heavy atom. The molecule has 0 aliphatic heterocycles. The molecule has 0 saturated heterocycles. The van der Waals surface area contributed by atoms with Crippen molar-refractivity contribution >= 4 is 0 Å². The van der Waals surface area contributed by atoms with Crippen LogP contribution in [0.25, 0.3) is 0 Å². The molecule has 0 aromatic carbocycles. The highest BCUT2D eigenvalue weighted by Crippen LogP contribution is 2.60. The summed E-state index contributed by atoms with van der Waals surface area (Å²) in [5.41, 5.74) is 6.75. The van der Waals surface area contributed by atoms with E-state index in [-0.39, 0.29) is 0 Å². The van der Waals surface area contributed by atoms with E-state index in [1.807, 2.05) is 0 Å². The second-order valence-corrected chi connectivity index (χ2v) is 5.60. The lowest BCUT2D eigenvalue weighted by Crippen LogP contribution is -2.61. The third-order valence-corrected chi connectivity index (χ3v) is 4.47. The highest BCUT2D eigenvalue weighted by molar-refractivity contribution is 5.09. The number of hydrogen-bond donors (Lipinski definition) is 1. The molecule has 0 heterocycles. The Hall–Kier alpha value is -0.0400. The van der Waals surface area contributed by atoms with Crippen molar-refractivity contribution in [2.45, 2.75) is 58.4 Å². The fourth-order valence-electron chi connectivity index (χ4n) is 3.22. The van der Waals surface area contributed by atoms with Gasteiger partial charge in [0.25, 0.3) is 0 Å². The SMILES string of the molecule is CC(C)CCC1CC(N)C12CCC2. The van der Waals surface area contributed by atoms with Crippen LogP contribution in [0.3, 0.4) is 0 Å². The summed E-state index contributed by atoms with van der Waals surface area (Å²) in [7, 11) is 0. The Morgan fingerprint density at radius 1 is 1.38 bits per heavy atom. The summed E-state index contributed by atoms with van der Waals surface area (Å²) in [4.78, 5) is 0. The van der Waals surface area contributed by atoms with Gasteiger partial charge in [-0.2, -0.15) is 0 Å². The molecule has 1 nitrogen and oxygen atoms in total.